The van der Waals surface area contributed by atoms with Crippen LogP contribution in [-0.4, -0.2) is 64.7 Å². The third-order valence-electron chi connectivity index (χ3n) is 17.6. The number of nitrogens with zero attached hydrogens (tertiary/aromatic N) is 2. The lowest BCUT2D eigenvalue weighted by Gasteiger charge is -2.47. The van der Waals surface area contributed by atoms with Crippen molar-refractivity contribution in [3.05, 3.63) is 0 Å². The second-order valence-corrected chi connectivity index (χ2v) is 19.5. The molecule has 0 radical (unpaired) electrons. The standard InChI is InChI=1S/C43H68F3N3O/c44-43(45,46)41(50)30-13-11-27(12-14-30)28-15-22-33(23-16-28)49-40-24-19-31(26-37(40)36-8-5-25-47-42(36)49)29-17-20-32(21-18-29)48-38-9-3-1-6-34(38)35-7-2-4-10-39(35)48/h27-40,42,47H,1-26H2. The first-order chi connectivity index (χ1) is 24.3. The smallest absolute Gasteiger partial charge is 0.301 e. The molecular weight excluding hydrogens is 631 g/mol. The number of piperidine rings is 1. The van der Waals surface area contributed by atoms with Crippen LogP contribution in [0.5, 0.6) is 0 Å². The van der Waals surface area contributed by atoms with Crippen LogP contribution in [0.3, 0.4) is 0 Å². The molecule has 6 aliphatic carbocycles. The van der Waals surface area contributed by atoms with Crippen LogP contribution in [0.25, 0.3) is 0 Å². The molecule has 50 heavy (non-hydrogen) atoms. The van der Waals surface area contributed by atoms with Crippen LogP contribution >= 0.6 is 0 Å². The molecule has 9 rings (SSSR count). The Morgan fingerprint density at radius 3 is 1.56 bits per heavy atom. The average molecular weight is 700 g/mol. The fourth-order valence-electron chi connectivity index (χ4n) is 15.5. The van der Waals surface area contributed by atoms with E-state index in [1.165, 1.54) is 141 Å². The second kappa shape index (κ2) is 14.5. The van der Waals surface area contributed by atoms with Crippen molar-refractivity contribution in [2.45, 2.75) is 203 Å². The van der Waals surface area contributed by atoms with Gasteiger partial charge >= 0.3 is 6.18 Å². The Hall–Kier alpha value is -0.660. The Kier molecular flexibility index (Phi) is 10.2. The predicted octanol–water partition coefficient (Wildman–Crippen LogP) is 9.90. The molecule has 0 bridgehead atoms. The first kappa shape index (κ1) is 35.1. The summed E-state index contributed by atoms with van der Waals surface area (Å²) >= 11 is 0. The number of likely N-dealkylation sites (tertiary alicyclic amines) is 2. The van der Waals surface area contributed by atoms with Gasteiger partial charge in [0.1, 0.15) is 0 Å². The lowest BCUT2D eigenvalue weighted by Crippen LogP contribution is -2.54. The molecule has 0 spiro atoms. The zero-order valence-electron chi connectivity index (χ0n) is 31.0. The van der Waals surface area contributed by atoms with Gasteiger partial charge in [0.25, 0.3) is 0 Å². The molecule has 9 aliphatic rings. The van der Waals surface area contributed by atoms with Crippen LogP contribution in [0.4, 0.5) is 13.2 Å². The van der Waals surface area contributed by atoms with Gasteiger partial charge in [0, 0.05) is 36.1 Å². The molecule has 7 heteroatoms. The van der Waals surface area contributed by atoms with Gasteiger partial charge in [-0.25, -0.2) is 0 Å². The van der Waals surface area contributed by atoms with E-state index in [1.807, 2.05) is 0 Å². The number of carbonyl (C=O) groups excluding carboxylic acids is 1. The number of carbonyl (C=O) groups is 1. The number of alkyl halides is 3. The molecule has 1 N–H and O–H groups in total. The minimum Gasteiger partial charge on any atom is -0.301 e. The van der Waals surface area contributed by atoms with Crippen LogP contribution in [0.2, 0.25) is 0 Å². The number of fused-ring (bicyclic) bond motifs is 6. The number of ketones is 1. The highest BCUT2D eigenvalue weighted by Gasteiger charge is 2.56. The maximum absolute atomic E-state index is 13.0. The molecule has 3 aliphatic heterocycles. The minimum absolute atomic E-state index is 0.440. The van der Waals surface area contributed by atoms with Crippen molar-refractivity contribution in [1.29, 1.82) is 0 Å². The Balaban J connectivity index is 0.796. The van der Waals surface area contributed by atoms with Crippen molar-refractivity contribution in [2.75, 3.05) is 6.54 Å². The van der Waals surface area contributed by atoms with E-state index < -0.39 is 17.9 Å². The predicted molar refractivity (Wildman–Crippen MR) is 192 cm³/mol. The van der Waals surface area contributed by atoms with E-state index >= 15 is 0 Å². The van der Waals surface area contributed by atoms with Crippen molar-refractivity contribution < 1.29 is 18.0 Å². The molecule has 0 amide bonds. The zero-order valence-corrected chi connectivity index (χ0v) is 31.0. The maximum Gasteiger partial charge on any atom is 0.450 e. The van der Waals surface area contributed by atoms with E-state index in [0.717, 1.165) is 72.5 Å². The quantitative estimate of drug-likeness (QED) is 0.310. The highest BCUT2D eigenvalue weighted by Crippen LogP contribution is 2.55. The van der Waals surface area contributed by atoms with Crippen LogP contribution < -0.4 is 5.32 Å². The third kappa shape index (κ3) is 6.47. The Bertz CT molecular complexity index is 1150. The minimum atomic E-state index is -4.67. The van der Waals surface area contributed by atoms with E-state index in [2.05, 4.69) is 15.1 Å². The summed E-state index contributed by atoms with van der Waals surface area (Å²) in [6, 6.07) is 4.15. The van der Waals surface area contributed by atoms with E-state index in [4.69, 9.17) is 0 Å². The van der Waals surface area contributed by atoms with Gasteiger partial charge in [0.2, 0.25) is 5.78 Å². The van der Waals surface area contributed by atoms with Gasteiger partial charge in [-0.15, -0.1) is 0 Å². The molecular formula is C43H68F3N3O. The van der Waals surface area contributed by atoms with E-state index in [-0.39, 0.29) is 0 Å². The van der Waals surface area contributed by atoms with Gasteiger partial charge in [-0.2, -0.15) is 13.2 Å². The van der Waals surface area contributed by atoms with Gasteiger partial charge in [-0.1, -0.05) is 25.7 Å². The number of Topliss-reactive ketones (excluding diaryl/α,β-unsaturated/α-hetero) is 1. The molecule has 3 heterocycles. The second-order valence-electron chi connectivity index (χ2n) is 19.5. The van der Waals surface area contributed by atoms with E-state index in [0.29, 0.717) is 36.9 Å². The molecule has 3 saturated heterocycles. The van der Waals surface area contributed by atoms with Crippen LogP contribution in [0, 0.1) is 53.3 Å². The fraction of sp³-hybridized carbons (Fsp3) is 0.977. The molecule has 0 aromatic heterocycles. The molecule has 4 nitrogen and oxygen atoms in total. The summed E-state index contributed by atoms with van der Waals surface area (Å²) in [4.78, 5) is 18.1. The summed E-state index contributed by atoms with van der Waals surface area (Å²) in [6.07, 6.45) is 28.4. The Morgan fingerprint density at radius 1 is 0.480 bits per heavy atom. The molecule has 0 aromatic rings. The van der Waals surface area contributed by atoms with Crippen molar-refractivity contribution in [1.82, 2.24) is 15.1 Å². The fourth-order valence-corrected chi connectivity index (χ4v) is 15.5. The van der Waals surface area contributed by atoms with Gasteiger partial charge in [0.05, 0.1) is 6.17 Å². The average Bonchev–Trinajstić information content (AvgIpc) is 3.67. The van der Waals surface area contributed by atoms with Gasteiger partial charge < -0.3 is 5.32 Å². The van der Waals surface area contributed by atoms with Gasteiger partial charge in [-0.3, -0.25) is 14.6 Å². The maximum atomic E-state index is 13.0. The number of hydrogen-bond acceptors (Lipinski definition) is 4. The van der Waals surface area contributed by atoms with Crippen molar-refractivity contribution in [3.63, 3.8) is 0 Å². The van der Waals surface area contributed by atoms with Crippen LogP contribution in [-0.2, 0) is 4.79 Å². The molecule has 9 unspecified atom stereocenters. The van der Waals surface area contributed by atoms with Crippen molar-refractivity contribution in [3.8, 4) is 0 Å². The monoisotopic (exact) mass is 700 g/mol. The van der Waals surface area contributed by atoms with Crippen LogP contribution in [0.1, 0.15) is 161 Å². The zero-order chi connectivity index (χ0) is 34.0. The molecule has 9 fully saturated rings. The summed E-state index contributed by atoms with van der Waals surface area (Å²) in [6.45, 7) is 1.17. The van der Waals surface area contributed by atoms with E-state index in [1.54, 1.807) is 0 Å². The number of rotatable bonds is 5. The normalized spacial score (nSPS) is 49.1. The molecule has 6 saturated carbocycles. The first-order valence-corrected chi connectivity index (χ1v) is 22.2. The van der Waals surface area contributed by atoms with Gasteiger partial charge in [0.15, 0.2) is 0 Å². The highest BCUT2D eigenvalue weighted by molar-refractivity contribution is 5.86. The van der Waals surface area contributed by atoms with E-state index in [9.17, 15) is 18.0 Å². The van der Waals surface area contributed by atoms with Crippen molar-refractivity contribution in [2.24, 2.45) is 53.3 Å². The third-order valence-corrected chi connectivity index (χ3v) is 17.6. The summed E-state index contributed by atoms with van der Waals surface area (Å²) < 4.78 is 39.1. The molecule has 9 atom stereocenters. The van der Waals surface area contributed by atoms with Crippen molar-refractivity contribution >= 4 is 5.78 Å². The number of hydrogen-bond donors (Lipinski definition) is 1. The topological polar surface area (TPSA) is 35.6 Å². The summed E-state index contributed by atoms with van der Waals surface area (Å²) in [5, 5.41) is 4.06. The van der Waals surface area contributed by atoms with Crippen LogP contribution in [0.15, 0.2) is 0 Å². The highest BCUT2D eigenvalue weighted by atomic mass is 19.4. The first-order valence-electron chi connectivity index (χ1n) is 22.2. The van der Waals surface area contributed by atoms with Gasteiger partial charge in [-0.05, 0) is 189 Å². The molecule has 0 aromatic carbocycles. The molecule has 282 valence electrons. The largest absolute Gasteiger partial charge is 0.450 e. The lowest BCUT2D eigenvalue weighted by atomic mass is 9.65. The number of nitrogens with one attached hydrogen (secondary N) is 1. The SMILES string of the molecule is O=C(C1CCC(C2CCC(N3C4CCC(C5CCC(N6C7CCCCC7C7CCCCC76)CC5)CC4C4CCCNC43)CC2)CC1)C(F)(F)F. The summed E-state index contributed by atoms with van der Waals surface area (Å²) in [5.74, 6) is 4.54. The summed E-state index contributed by atoms with van der Waals surface area (Å²) in [7, 11) is 0. The summed E-state index contributed by atoms with van der Waals surface area (Å²) in [5.41, 5.74) is 0. The lowest BCUT2D eigenvalue weighted by molar-refractivity contribution is -0.177. The Morgan fingerprint density at radius 2 is 0.960 bits per heavy atom. The Labute approximate surface area is 301 Å². The number of halogens is 3.